The molecule has 0 saturated heterocycles. The third-order valence-electron chi connectivity index (χ3n) is 3.05. The zero-order valence-corrected chi connectivity index (χ0v) is 13.0. The second-order valence-electron chi connectivity index (χ2n) is 4.67. The molecular formula is C16H20N4O2. The van der Waals surface area contributed by atoms with Crippen molar-refractivity contribution < 1.29 is 9.47 Å². The maximum Gasteiger partial charge on any atom is 0.254 e. The van der Waals surface area contributed by atoms with Crippen molar-refractivity contribution in [2.45, 2.75) is 20.3 Å². The van der Waals surface area contributed by atoms with E-state index in [0.717, 1.165) is 16.9 Å². The molecule has 0 amide bonds. The van der Waals surface area contributed by atoms with Crippen molar-refractivity contribution in [2.24, 2.45) is 4.99 Å². The molecule has 1 heterocycles. The molecule has 1 aromatic carbocycles. The molecule has 1 aromatic heterocycles. The lowest BCUT2D eigenvalue weighted by Gasteiger charge is -2.07. The first-order valence-electron chi connectivity index (χ1n) is 7.04. The Morgan fingerprint density at radius 2 is 2.00 bits per heavy atom. The Bertz CT molecular complexity index is 654. The SMILES string of the molecule is CCOC(C)=Nc1ncc(Cc2ccc(OC)cc2)c(N)n1. The molecule has 0 spiro atoms. The van der Waals surface area contributed by atoms with Crippen molar-refractivity contribution in [1.29, 1.82) is 0 Å². The summed E-state index contributed by atoms with van der Waals surface area (Å²) in [7, 11) is 1.64. The first-order valence-corrected chi connectivity index (χ1v) is 7.04. The lowest BCUT2D eigenvalue weighted by molar-refractivity contribution is 0.324. The maximum atomic E-state index is 5.99. The van der Waals surface area contributed by atoms with Crippen LogP contribution in [0.1, 0.15) is 25.0 Å². The van der Waals surface area contributed by atoms with E-state index in [9.17, 15) is 0 Å². The van der Waals surface area contributed by atoms with Crippen LogP contribution in [-0.4, -0.2) is 29.6 Å². The summed E-state index contributed by atoms with van der Waals surface area (Å²) in [6, 6.07) is 7.81. The van der Waals surface area contributed by atoms with E-state index < -0.39 is 0 Å². The van der Waals surface area contributed by atoms with Crippen LogP contribution in [0.3, 0.4) is 0 Å². The fraction of sp³-hybridized carbons (Fsp3) is 0.312. The summed E-state index contributed by atoms with van der Waals surface area (Å²) in [5.41, 5.74) is 7.96. The molecule has 22 heavy (non-hydrogen) atoms. The van der Waals surface area contributed by atoms with Crippen molar-refractivity contribution in [3.8, 4) is 5.75 Å². The third-order valence-corrected chi connectivity index (χ3v) is 3.05. The average molecular weight is 300 g/mol. The van der Waals surface area contributed by atoms with Gasteiger partial charge in [0.2, 0.25) is 0 Å². The fourth-order valence-corrected chi connectivity index (χ4v) is 1.95. The van der Waals surface area contributed by atoms with Crippen LogP contribution >= 0.6 is 0 Å². The third kappa shape index (κ3) is 4.18. The molecule has 0 aliphatic rings. The highest BCUT2D eigenvalue weighted by Crippen LogP contribution is 2.18. The second kappa shape index (κ2) is 7.40. The molecule has 0 aliphatic heterocycles. The largest absolute Gasteiger partial charge is 0.497 e. The van der Waals surface area contributed by atoms with Crippen LogP contribution in [0.4, 0.5) is 11.8 Å². The minimum absolute atomic E-state index is 0.307. The quantitative estimate of drug-likeness (QED) is 0.678. The number of ether oxygens (including phenoxy) is 2. The van der Waals surface area contributed by atoms with E-state index in [0.29, 0.717) is 30.7 Å². The molecule has 0 fully saturated rings. The van der Waals surface area contributed by atoms with E-state index in [1.54, 1.807) is 20.2 Å². The Kier molecular flexibility index (Phi) is 5.30. The van der Waals surface area contributed by atoms with Crippen LogP contribution in [-0.2, 0) is 11.2 Å². The molecule has 2 aromatic rings. The van der Waals surface area contributed by atoms with Gasteiger partial charge in [-0.3, -0.25) is 0 Å². The topological polar surface area (TPSA) is 82.6 Å². The van der Waals surface area contributed by atoms with Gasteiger partial charge in [-0.1, -0.05) is 12.1 Å². The second-order valence-corrected chi connectivity index (χ2v) is 4.67. The summed E-state index contributed by atoms with van der Waals surface area (Å²) in [6.07, 6.45) is 2.36. The van der Waals surface area contributed by atoms with E-state index in [4.69, 9.17) is 15.2 Å². The van der Waals surface area contributed by atoms with E-state index in [-0.39, 0.29) is 0 Å². The van der Waals surface area contributed by atoms with E-state index >= 15 is 0 Å². The first kappa shape index (κ1) is 15.8. The van der Waals surface area contributed by atoms with E-state index in [1.165, 1.54) is 0 Å². The van der Waals surface area contributed by atoms with Crippen LogP contribution in [0, 0.1) is 0 Å². The summed E-state index contributed by atoms with van der Waals surface area (Å²) in [4.78, 5) is 12.6. The van der Waals surface area contributed by atoms with Crippen LogP contribution < -0.4 is 10.5 Å². The monoisotopic (exact) mass is 300 g/mol. The molecule has 2 N–H and O–H groups in total. The molecule has 6 nitrogen and oxygen atoms in total. The Balaban J connectivity index is 2.13. The fourth-order valence-electron chi connectivity index (χ4n) is 1.95. The molecule has 0 radical (unpaired) electrons. The van der Waals surface area contributed by atoms with Gasteiger partial charge in [0, 0.05) is 25.1 Å². The number of methoxy groups -OCH3 is 1. The zero-order valence-electron chi connectivity index (χ0n) is 13.0. The molecule has 0 unspecified atom stereocenters. The number of benzene rings is 1. The summed E-state index contributed by atoms with van der Waals surface area (Å²) < 4.78 is 10.4. The number of nitrogens with two attached hydrogens (primary N) is 1. The predicted octanol–water partition coefficient (Wildman–Crippen LogP) is 2.74. The summed E-state index contributed by atoms with van der Waals surface area (Å²) in [5, 5.41) is 0. The van der Waals surface area contributed by atoms with Crippen molar-refractivity contribution >= 4 is 17.7 Å². The van der Waals surface area contributed by atoms with Gasteiger partial charge >= 0.3 is 0 Å². The normalized spacial score (nSPS) is 11.3. The Morgan fingerprint density at radius 1 is 1.27 bits per heavy atom. The number of nitrogens with zero attached hydrogens (tertiary/aromatic N) is 3. The van der Waals surface area contributed by atoms with Gasteiger partial charge in [0.25, 0.3) is 5.95 Å². The highest BCUT2D eigenvalue weighted by molar-refractivity contribution is 5.75. The maximum absolute atomic E-state index is 5.99. The molecular weight excluding hydrogens is 280 g/mol. The highest BCUT2D eigenvalue weighted by atomic mass is 16.5. The number of aromatic nitrogens is 2. The minimum Gasteiger partial charge on any atom is -0.497 e. The van der Waals surface area contributed by atoms with Gasteiger partial charge in [0.15, 0.2) is 5.90 Å². The van der Waals surface area contributed by atoms with Crippen LogP contribution in [0.2, 0.25) is 0 Å². The smallest absolute Gasteiger partial charge is 0.254 e. The lowest BCUT2D eigenvalue weighted by Crippen LogP contribution is -2.02. The predicted molar refractivity (Wildman–Crippen MR) is 86.6 cm³/mol. The Hall–Kier alpha value is -2.63. The van der Waals surface area contributed by atoms with Crippen LogP contribution in [0.15, 0.2) is 35.5 Å². The molecule has 0 bridgehead atoms. The number of anilines is 1. The molecule has 0 aliphatic carbocycles. The number of aliphatic imine (C=N–C) groups is 1. The molecule has 6 heteroatoms. The minimum atomic E-state index is 0.307. The number of hydrogen-bond donors (Lipinski definition) is 1. The first-order chi connectivity index (χ1) is 10.6. The van der Waals surface area contributed by atoms with Crippen LogP contribution in [0.25, 0.3) is 0 Å². The van der Waals surface area contributed by atoms with Crippen molar-refractivity contribution in [3.63, 3.8) is 0 Å². The van der Waals surface area contributed by atoms with Crippen molar-refractivity contribution in [2.75, 3.05) is 19.5 Å². The van der Waals surface area contributed by atoms with Gasteiger partial charge in [-0.2, -0.15) is 9.98 Å². The number of rotatable bonds is 5. The Labute approximate surface area is 130 Å². The van der Waals surface area contributed by atoms with Crippen LogP contribution in [0.5, 0.6) is 5.75 Å². The lowest BCUT2D eigenvalue weighted by atomic mass is 10.1. The van der Waals surface area contributed by atoms with E-state index in [2.05, 4.69) is 15.0 Å². The van der Waals surface area contributed by atoms with Gasteiger partial charge in [0.1, 0.15) is 11.6 Å². The Morgan fingerprint density at radius 3 is 2.59 bits per heavy atom. The summed E-state index contributed by atoms with van der Waals surface area (Å²) in [5.74, 6) is 2.07. The molecule has 0 atom stereocenters. The van der Waals surface area contributed by atoms with Gasteiger partial charge in [-0.15, -0.1) is 0 Å². The van der Waals surface area contributed by atoms with E-state index in [1.807, 2.05) is 31.2 Å². The highest BCUT2D eigenvalue weighted by Gasteiger charge is 2.06. The molecule has 0 saturated carbocycles. The van der Waals surface area contributed by atoms with Crippen molar-refractivity contribution in [3.05, 3.63) is 41.6 Å². The summed E-state index contributed by atoms with van der Waals surface area (Å²) in [6.45, 7) is 4.21. The zero-order chi connectivity index (χ0) is 15.9. The van der Waals surface area contributed by atoms with Gasteiger partial charge in [-0.05, 0) is 24.6 Å². The van der Waals surface area contributed by atoms with Gasteiger partial charge < -0.3 is 15.2 Å². The summed E-state index contributed by atoms with van der Waals surface area (Å²) >= 11 is 0. The average Bonchev–Trinajstić information content (AvgIpc) is 2.51. The van der Waals surface area contributed by atoms with Crippen molar-refractivity contribution in [1.82, 2.24) is 9.97 Å². The standard InChI is InChI=1S/C16H20N4O2/c1-4-22-11(2)19-16-18-10-13(15(17)20-16)9-12-5-7-14(21-3)8-6-12/h5-8,10H,4,9H2,1-3H3,(H2,17,18,20). The molecule has 2 rings (SSSR count). The number of hydrogen-bond acceptors (Lipinski definition) is 6. The molecule has 116 valence electrons. The van der Waals surface area contributed by atoms with Gasteiger partial charge in [-0.25, -0.2) is 4.98 Å². The van der Waals surface area contributed by atoms with Gasteiger partial charge in [0.05, 0.1) is 13.7 Å². The number of nitrogen functional groups attached to an aromatic ring is 1.